The van der Waals surface area contributed by atoms with Crippen molar-refractivity contribution in [3.05, 3.63) is 70.2 Å². The van der Waals surface area contributed by atoms with E-state index in [1.165, 1.54) is 32.1 Å². The van der Waals surface area contributed by atoms with Crippen LogP contribution in [0.25, 0.3) is 11.1 Å². The number of fused-ring (bicyclic) bond motifs is 1. The molecule has 0 amide bonds. The third kappa shape index (κ3) is 5.46. The molecule has 3 aromatic rings. The van der Waals surface area contributed by atoms with Crippen molar-refractivity contribution in [1.29, 1.82) is 0 Å². The third-order valence-electron chi connectivity index (χ3n) is 7.07. The summed E-state index contributed by atoms with van der Waals surface area (Å²) in [5.74, 6) is 3.10. The van der Waals surface area contributed by atoms with Crippen molar-refractivity contribution < 1.29 is 23.7 Å². The molecule has 0 aromatic heterocycles. The summed E-state index contributed by atoms with van der Waals surface area (Å²) in [6, 6.07) is 15.5. The van der Waals surface area contributed by atoms with E-state index in [-0.39, 0.29) is 0 Å². The van der Waals surface area contributed by atoms with E-state index >= 15 is 0 Å². The lowest BCUT2D eigenvalue weighted by atomic mass is 9.90. The van der Waals surface area contributed by atoms with Gasteiger partial charge in [-0.25, -0.2) is 0 Å². The highest BCUT2D eigenvalue weighted by atomic mass is 35.5. The Labute approximate surface area is 217 Å². The SMILES string of the molecule is Cc1c(COc2cc(OCC3CCCCC3)c(C=O)cc2Cl)cccc1-c1ccc2c(c1)OCCO2. The van der Waals surface area contributed by atoms with E-state index in [0.717, 1.165) is 40.0 Å². The van der Waals surface area contributed by atoms with Crippen molar-refractivity contribution in [2.75, 3.05) is 19.8 Å². The highest BCUT2D eigenvalue weighted by molar-refractivity contribution is 6.32. The van der Waals surface area contributed by atoms with E-state index < -0.39 is 0 Å². The normalized spacial score (nSPS) is 15.4. The first-order valence-corrected chi connectivity index (χ1v) is 13.0. The van der Waals surface area contributed by atoms with Gasteiger partial charge in [-0.3, -0.25) is 4.79 Å². The van der Waals surface area contributed by atoms with Crippen molar-refractivity contribution in [1.82, 2.24) is 0 Å². The zero-order valence-electron chi connectivity index (χ0n) is 20.6. The van der Waals surface area contributed by atoms with Gasteiger partial charge in [0.1, 0.15) is 31.3 Å². The van der Waals surface area contributed by atoms with Crippen molar-refractivity contribution in [3.63, 3.8) is 0 Å². The van der Waals surface area contributed by atoms with Gasteiger partial charge in [0.05, 0.1) is 17.2 Å². The van der Waals surface area contributed by atoms with E-state index in [1.807, 2.05) is 30.3 Å². The maximum atomic E-state index is 11.6. The van der Waals surface area contributed by atoms with Crippen molar-refractivity contribution >= 4 is 17.9 Å². The summed E-state index contributed by atoms with van der Waals surface area (Å²) in [7, 11) is 0. The summed E-state index contributed by atoms with van der Waals surface area (Å²) in [6.45, 7) is 4.16. The van der Waals surface area contributed by atoms with E-state index in [9.17, 15) is 4.79 Å². The van der Waals surface area contributed by atoms with Gasteiger partial charge in [0.15, 0.2) is 17.8 Å². The summed E-state index contributed by atoms with van der Waals surface area (Å²) in [5.41, 5.74) is 4.77. The molecule has 1 aliphatic carbocycles. The van der Waals surface area contributed by atoms with Crippen LogP contribution in [-0.4, -0.2) is 26.1 Å². The minimum absolute atomic E-state index is 0.340. The van der Waals surface area contributed by atoms with Gasteiger partial charge in [0, 0.05) is 6.07 Å². The van der Waals surface area contributed by atoms with Gasteiger partial charge in [-0.05, 0) is 66.1 Å². The fraction of sp³-hybridized carbons (Fsp3) is 0.367. The number of benzene rings is 3. The first kappa shape index (κ1) is 24.5. The molecule has 0 N–H and O–H groups in total. The number of carbonyl (C=O) groups is 1. The van der Waals surface area contributed by atoms with Gasteiger partial charge < -0.3 is 18.9 Å². The van der Waals surface area contributed by atoms with Crippen LogP contribution in [-0.2, 0) is 6.61 Å². The molecule has 2 aliphatic rings. The molecule has 5 nitrogen and oxygen atoms in total. The van der Waals surface area contributed by atoms with E-state index in [1.54, 1.807) is 12.1 Å². The number of halogens is 1. The minimum Gasteiger partial charge on any atom is -0.492 e. The molecule has 36 heavy (non-hydrogen) atoms. The molecule has 1 fully saturated rings. The number of aldehydes is 1. The van der Waals surface area contributed by atoms with Crippen LogP contribution >= 0.6 is 11.6 Å². The fourth-order valence-electron chi connectivity index (χ4n) is 4.96. The van der Waals surface area contributed by atoms with E-state index in [0.29, 0.717) is 54.4 Å². The van der Waals surface area contributed by atoms with Crippen LogP contribution in [0.2, 0.25) is 5.02 Å². The molecule has 0 bridgehead atoms. The molecule has 0 spiro atoms. The summed E-state index contributed by atoms with van der Waals surface area (Å²) in [6.07, 6.45) is 6.91. The number of hydrogen-bond acceptors (Lipinski definition) is 5. The molecular weight excluding hydrogens is 476 g/mol. The molecule has 188 valence electrons. The maximum Gasteiger partial charge on any atom is 0.161 e. The Morgan fingerprint density at radius 3 is 2.56 bits per heavy atom. The topological polar surface area (TPSA) is 54.0 Å². The van der Waals surface area contributed by atoms with Gasteiger partial charge in [-0.1, -0.05) is 55.1 Å². The lowest BCUT2D eigenvalue weighted by molar-refractivity contribution is 0.111. The fourth-order valence-corrected chi connectivity index (χ4v) is 5.18. The zero-order chi connectivity index (χ0) is 24.9. The van der Waals surface area contributed by atoms with Gasteiger partial charge in [-0.15, -0.1) is 0 Å². The Morgan fingerprint density at radius 1 is 0.944 bits per heavy atom. The largest absolute Gasteiger partial charge is 0.492 e. The molecule has 6 heteroatoms. The second-order valence-electron chi connectivity index (χ2n) is 9.49. The Morgan fingerprint density at radius 2 is 1.75 bits per heavy atom. The molecule has 0 radical (unpaired) electrons. The standard InChI is InChI=1S/C30H31ClO5/c1-20-23(8-5-9-25(20)22-10-11-27-30(15-22)34-13-12-33-27)19-36-29-16-28(24(17-32)14-26(29)31)35-18-21-6-3-2-4-7-21/h5,8-11,14-17,21H,2-4,6-7,12-13,18-19H2,1H3. The maximum absolute atomic E-state index is 11.6. The van der Waals surface area contributed by atoms with Crippen LogP contribution in [0.5, 0.6) is 23.0 Å². The number of ether oxygens (including phenoxy) is 4. The highest BCUT2D eigenvalue weighted by Gasteiger charge is 2.18. The highest BCUT2D eigenvalue weighted by Crippen LogP contribution is 2.37. The van der Waals surface area contributed by atoms with Crippen LogP contribution in [0.1, 0.15) is 53.6 Å². The molecule has 0 atom stereocenters. The Kier molecular flexibility index (Phi) is 7.66. The minimum atomic E-state index is 0.340. The van der Waals surface area contributed by atoms with Gasteiger partial charge >= 0.3 is 0 Å². The smallest absolute Gasteiger partial charge is 0.161 e. The van der Waals surface area contributed by atoms with Crippen LogP contribution in [0.15, 0.2) is 48.5 Å². The molecule has 0 saturated heterocycles. The summed E-state index contributed by atoms with van der Waals surface area (Å²) >= 11 is 6.46. The quantitative estimate of drug-likeness (QED) is 0.297. The molecule has 5 rings (SSSR count). The van der Waals surface area contributed by atoms with E-state index in [4.69, 9.17) is 30.5 Å². The van der Waals surface area contributed by atoms with Crippen LogP contribution < -0.4 is 18.9 Å². The molecule has 1 heterocycles. The molecule has 3 aromatic carbocycles. The number of carbonyl (C=O) groups excluding carboxylic acids is 1. The van der Waals surface area contributed by atoms with Crippen molar-refractivity contribution in [3.8, 4) is 34.1 Å². The molecule has 1 saturated carbocycles. The Bertz CT molecular complexity index is 1230. The van der Waals surface area contributed by atoms with Crippen LogP contribution in [0.4, 0.5) is 0 Å². The molecule has 0 unspecified atom stereocenters. The Hall–Kier alpha value is -3.18. The zero-order valence-corrected chi connectivity index (χ0v) is 21.3. The van der Waals surface area contributed by atoms with Gasteiger partial charge in [0.25, 0.3) is 0 Å². The van der Waals surface area contributed by atoms with E-state index in [2.05, 4.69) is 13.0 Å². The lowest BCUT2D eigenvalue weighted by Crippen LogP contribution is -2.15. The predicted octanol–water partition coefficient (Wildman–Crippen LogP) is 7.44. The van der Waals surface area contributed by atoms with Crippen LogP contribution in [0, 0.1) is 12.8 Å². The summed E-state index contributed by atoms with van der Waals surface area (Å²) < 4.78 is 23.6. The van der Waals surface area contributed by atoms with Crippen molar-refractivity contribution in [2.24, 2.45) is 5.92 Å². The lowest BCUT2D eigenvalue weighted by Gasteiger charge is -2.22. The second-order valence-corrected chi connectivity index (χ2v) is 9.90. The first-order chi connectivity index (χ1) is 17.6. The molecule has 1 aliphatic heterocycles. The van der Waals surface area contributed by atoms with Crippen LogP contribution in [0.3, 0.4) is 0 Å². The van der Waals surface area contributed by atoms with Gasteiger partial charge in [-0.2, -0.15) is 0 Å². The number of rotatable bonds is 8. The average molecular weight is 507 g/mol. The second kappa shape index (κ2) is 11.3. The van der Waals surface area contributed by atoms with Gasteiger partial charge in [0.2, 0.25) is 0 Å². The average Bonchev–Trinajstić information content (AvgIpc) is 2.92. The summed E-state index contributed by atoms with van der Waals surface area (Å²) in [5, 5.41) is 0.391. The Balaban J connectivity index is 1.32. The number of hydrogen-bond donors (Lipinski definition) is 0. The molecular formula is C30H31ClO5. The first-order valence-electron chi connectivity index (χ1n) is 12.6. The predicted molar refractivity (Wildman–Crippen MR) is 141 cm³/mol. The van der Waals surface area contributed by atoms with Crippen molar-refractivity contribution in [2.45, 2.75) is 45.6 Å². The monoisotopic (exact) mass is 506 g/mol. The summed E-state index contributed by atoms with van der Waals surface area (Å²) in [4.78, 5) is 11.6. The third-order valence-corrected chi connectivity index (χ3v) is 7.37.